The maximum absolute atomic E-state index is 12.2. The van der Waals surface area contributed by atoms with Crippen molar-refractivity contribution in [1.82, 2.24) is 0 Å². The van der Waals surface area contributed by atoms with Gasteiger partial charge in [0.25, 0.3) is 0 Å². The Kier molecular flexibility index (Phi) is 4.60. The number of hydrogen-bond donors (Lipinski definition) is 1. The quantitative estimate of drug-likeness (QED) is 0.678. The Labute approximate surface area is 144 Å². The van der Waals surface area contributed by atoms with Gasteiger partial charge in [-0.1, -0.05) is 42.3 Å². The van der Waals surface area contributed by atoms with Crippen LogP contribution in [-0.4, -0.2) is 5.91 Å². The standard InChI is InChI=1S/C18H15Cl2NO2/c1-2-11-3-4-16-12(10-23-17(16)5-11)6-18(22)21-15-8-13(19)7-14(20)9-15/h3-5,7-10H,2,6H2,1H3,(H,21,22). The largest absolute Gasteiger partial charge is 0.464 e. The van der Waals surface area contributed by atoms with E-state index in [-0.39, 0.29) is 12.3 Å². The van der Waals surface area contributed by atoms with Crippen LogP contribution in [0.5, 0.6) is 0 Å². The van der Waals surface area contributed by atoms with Crippen LogP contribution in [0.3, 0.4) is 0 Å². The topological polar surface area (TPSA) is 42.2 Å². The Morgan fingerprint density at radius 2 is 1.87 bits per heavy atom. The Hall–Kier alpha value is -1.97. The maximum atomic E-state index is 12.2. The highest BCUT2D eigenvalue weighted by Gasteiger charge is 2.11. The molecule has 3 aromatic rings. The summed E-state index contributed by atoms with van der Waals surface area (Å²) in [5, 5.41) is 4.72. The van der Waals surface area contributed by atoms with Crippen LogP contribution in [0, 0.1) is 0 Å². The monoisotopic (exact) mass is 347 g/mol. The fourth-order valence-corrected chi connectivity index (χ4v) is 3.01. The fourth-order valence-electron chi connectivity index (χ4n) is 2.49. The lowest BCUT2D eigenvalue weighted by atomic mass is 10.1. The van der Waals surface area contributed by atoms with Crippen molar-refractivity contribution in [2.24, 2.45) is 0 Å². The van der Waals surface area contributed by atoms with Gasteiger partial charge in [-0.15, -0.1) is 0 Å². The molecule has 0 atom stereocenters. The number of amides is 1. The summed E-state index contributed by atoms with van der Waals surface area (Å²) < 4.78 is 5.56. The van der Waals surface area contributed by atoms with Crippen molar-refractivity contribution in [2.75, 3.05) is 5.32 Å². The highest BCUT2D eigenvalue weighted by atomic mass is 35.5. The van der Waals surface area contributed by atoms with Gasteiger partial charge < -0.3 is 9.73 Å². The van der Waals surface area contributed by atoms with Crippen molar-refractivity contribution in [3.63, 3.8) is 0 Å². The van der Waals surface area contributed by atoms with Gasteiger partial charge in [-0.2, -0.15) is 0 Å². The molecule has 3 nitrogen and oxygen atoms in total. The third-order valence-electron chi connectivity index (χ3n) is 3.63. The van der Waals surface area contributed by atoms with E-state index in [1.807, 2.05) is 12.1 Å². The van der Waals surface area contributed by atoms with Gasteiger partial charge in [-0.25, -0.2) is 0 Å². The first-order valence-electron chi connectivity index (χ1n) is 7.30. The smallest absolute Gasteiger partial charge is 0.228 e. The molecule has 1 aromatic heterocycles. The van der Waals surface area contributed by atoms with Gasteiger partial charge in [0.2, 0.25) is 5.91 Å². The van der Waals surface area contributed by atoms with Gasteiger partial charge in [0.15, 0.2) is 0 Å². The zero-order valence-electron chi connectivity index (χ0n) is 12.5. The van der Waals surface area contributed by atoms with Gasteiger partial charge in [0, 0.05) is 26.7 Å². The lowest BCUT2D eigenvalue weighted by Crippen LogP contribution is -2.14. The lowest BCUT2D eigenvalue weighted by Gasteiger charge is -2.06. The molecule has 0 spiro atoms. The van der Waals surface area contributed by atoms with E-state index >= 15 is 0 Å². The second-order valence-corrected chi connectivity index (χ2v) is 6.20. The second-order valence-electron chi connectivity index (χ2n) is 5.33. The zero-order chi connectivity index (χ0) is 16.4. The average Bonchev–Trinajstić information content (AvgIpc) is 2.88. The molecule has 0 bridgehead atoms. The number of benzene rings is 2. The zero-order valence-corrected chi connectivity index (χ0v) is 14.0. The van der Waals surface area contributed by atoms with E-state index in [0.717, 1.165) is 23.0 Å². The number of aryl methyl sites for hydroxylation is 1. The van der Waals surface area contributed by atoms with Gasteiger partial charge in [0.1, 0.15) is 5.58 Å². The number of nitrogens with one attached hydrogen (secondary N) is 1. The molecule has 0 aliphatic carbocycles. The first-order chi connectivity index (χ1) is 11.0. The summed E-state index contributed by atoms with van der Waals surface area (Å²) >= 11 is 11.9. The molecule has 2 aromatic carbocycles. The van der Waals surface area contributed by atoms with E-state index in [1.54, 1.807) is 24.5 Å². The third-order valence-corrected chi connectivity index (χ3v) is 4.06. The highest BCUT2D eigenvalue weighted by molar-refractivity contribution is 6.35. The molecular weight excluding hydrogens is 333 g/mol. The molecule has 0 fully saturated rings. The van der Waals surface area contributed by atoms with Gasteiger partial charge in [0.05, 0.1) is 12.7 Å². The normalized spacial score (nSPS) is 10.9. The summed E-state index contributed by atoms with van der Waals surface area (Å²) in [4.78, 5) is 12.2. The average molecular weight is 348 g/mol. The van der Waals surface area contributed by atoms with Gasteiger partial charge >= 0.3 is 0 Å². The summed E-state index contributed by atoms with van der Waals surface area (Å²) in [6, 6.07) is 11.0. The van der Waals surface area contributed by atoms with Gasteiger partial charge in [-0.05, 0) is 36.2 Å². The van der Waals surface area contributed by atoms with E-state index in [9.17, 15) is 4.79 Å². The number of hydrogen-bond acceptors (Lipinski definition) is 2. The number of furan rings is 1. The number of carbonyl (C=O) groups excluding carboxylic acids is 1. The Balaban J connectivity index is 1.77. The minimum atomic E-state index is -0.148. The summed E-state index contributed by atoms with van der Waals surface area (Å²) in [6.45, 7) is 2.09. The summed E-state index contributed by atoms with van der Waals surface area (Å²) in [6.07, 6.45) is 2.80. The number of fused-ring (bicyclic) bond motifs is 1. The van der Waals surface area contributed by atoms with Crippen LogP contribution in [0.15, 0.2) is 47.1 Å². The summed E-state index contributed by atoms with van der Waals surface area (Å²) in [5.41, 5.74) is 3.44. The molecular formula is C18H15Cl2NO2. The molecule has 0 saturated carbocycles. The van der Waals surface area contributed by atoms with Crippen molar-refractivity contribution in [3.8, 4) is 0 Å². The van der Waals surface area contributed by atoms with E-state index in [4.69, 9.17) is 27.6 Å². The molecule has 23 heavy (non-hydrogen) atoms. The van der Waals surface area contributed by atoms with E-state index in [0.29, 0.717) is 15.7 Å². The van der Waals surface area contributed by atoms with Gasteiger partial charge in [-0.3, -0.25) is 4.79 Å². The number of carbonyl (C=O) groups is 1. The Morgan fingerprint density at radius 3 is 2.57 bits per heavy atom. The first kappa shape index (κ1) is 15.9. The first-order valence-corrected chi connectivity index (χ1v) is 8.05. The van der Waals surface area contributed by atoms with Crippen molar-refractivity contribution in [1.29, 1.82) is 0 Å². The summed E-state index contributed by atoms with van der Waals surface area (Å²) in [5.74, 6) is -0.148. The minimum absolute atomic E-state index is 0.148. The molecule has 0 aliphatic rings. The molecule has 0 saturated heterocycles. The molecule has 1 amide bonds. The molecule has 0 unspecified atom stereocenters. The predicted molar refractivity (Wildman–Crippen MR) is 94.4 cm³/mol. The van der Waals surface area contributed by atoms with E-state index in [1.165, 1.54) is 5.56 Å². The van der Waals surface area contributed by atoms with Crippen molar-refractivity contribution in [2.45, 2.75) is 19.8 Å². The Morgan fingerprint density at radius 1 is 1.13 bits per heavy atom. The van der Waals surface area contributed by atoms with Crippen molar-refractivity contribution in [3.05, 3.63) is 63.8 Å². The van der Waals surface area contributed by atoms with Crippen LogP contribution in [0.25, 0.3) is 11.0 Å². The predicted octanol–water partition coefficient (Wildman–Crippen LogP) is 5.48. The molecule has 0 aliphatic heterocycles. The SMILES string of the molecule is CCc1ccc2c(CC(=O)Nc3cc(Cl)cc(Cl)c3)coc2c1. The van der Waals surface area contributed by atoms with Crippen LogP contribution in [0.1, 0.15) is 18.1 Å². The molecule has 1 heterocycles. The number of anilines is 1. The van der Waals surface area contributed by atoms with E-state index < -0.39 is 0 Å². The molecule has 118 valence electrons. The molecule has 0 radical (unpaired) electrons. The van der Waals surface area contributed by atoms with Crippen LogP contribution in [0.4, 0.5) is 5.69 Å². The fraction of sp³-hybridized carbons (Fsp3) is 0.167. The summed E-state index contributed by atoms with van der Waals surface area (Å²) in [7, 11) is 0. The van der Waals surface area contributed by atoms with Crippen molar-refractivity contribution < 1.29 is 9.21 Å². The van der Waals surface area contributed by atoms with Crippen LogP contribution in [0.2, 0.25) is 10.0 Å². The van der Waals surface area contributed by atoms with Crippen molar-refractivity contribution >= 4 is 45.8 Å². The number of halogens is 2. The minimum Gasteiger partial charge on any atom is -0.464 e. The molecule has 5 heteroatoms. The lowest BCUT2D eigenvalue weighted by molar-refractivity contribution is -0.115. The molecule has 3 rings (SSSR count). The molecule has 1 N–H and O–H groups in total. The highest BCUT2D eigenvalue weighted by Crippen LogP contribution is 2.25. The van der Waals surface area contributed by atoms with Crippen LogP contribution in [-0.2, 0) is 17.6 Å². The van der Waals surface area contributed by atoms with E-state index in [2.05, 4.69) is 18.3 Å². The van der Waals surface area contributed by atoms with Crippen LogP contribution >= 0.6 is 23.2 Å². The Bertz CT molecular complexity index is 850. The second kappa shape index (κ2) is 6.65. The number of rotatable bonds is 4. The maximum Gasteiger partial charge on any atom is 0.228 e. The van der Waals surface area contributed by atoms with Crippen LogP contribution < -0.4 is 5.32 Å². The third kappa shape index (κ3) is 3.69.